The number of aromatic nitrogens is 1. The molecule has 0 spiro atoms. The number of rotatable bonds is 8. The summed E-state index contributed by atoms with van der Waals surface area (Å²) in [6.07, 6.45) is 2.48. The van der Waals surface area contributed by atoms with E-state index in [1.807, 2.05) is 52.0 Å². The van der Waals surface area contributed by atoms with Gasteiger partial charge < -0.3 is 25.0 Å². The number of amides is 1. The average Bonchev–Trinajstić information content (AvgIpc) is 3.29. The molecule has 0 saturated carbocycles. The molecule has 2 atom stereocenters. The lowest BCUT2D eigenvalue weighted by atomic mass is 9.98. The molecule has 0 aliphatic rings. The first-order valence-electron chi connectivity index (χ1n) is 10.7. The Bertz CT molecular complexity index is 1110. The number of nitrogens with two attached hydrogens (primary N) is 1. The molecule has 3 rings (SSSR count). The fourth-order valence-corrected chi connectivity index (χ4v) is 3.53. The standard InChI is InChI=1S/C25H31N3O4/c1-7-14(2)23(26)25(29)28-20-11-17(8-9-21(20)30-5)19-13-27-32-24(19)18-10-15(3)16(4)22(12-18)31-6/h8-14,23H,7,26H2,1-6H3,(H,28,29). The summed E-state index contributed by atoms with van der Waals surface area (Å²) in [7, 11) is 3.21. The van der Waals surface area contributed by atoms with Crippen molar-refractivity contribution in [1.29, 1.82) is 0 Å². The highest BCUT2D eigenvalue weighted by Crippen LogP contribution is 2.38. The first-order valence-corrected chi connectivity index (χ1v) is 10.7. The Morgan fingerprint density at radius 2 is 1.84 bits per heavy atom. The predicted octanol–water partition coefficient (Wildman–Crippen LogP) is 4.95. The first kappa shape index (κ1) is 23.3. The maximum atomic E-state index is 12.7. The van der Waals surface area contributed by atoms with E-state index in [0.29, 0.717) is 17.2 Å². The molecule has 1 heterocycles. The van der Waals surface area contributed by atoms with Gasteiger partial charge in [-0.15, -0.1) is 0 Å². The average molecular weight is 438 g/mol. The molecule has 0 bridgehead atoms. The minimum absolute atomic E-state index is 0.0635. The number of nitrogens with zero attached hydrogens (tertiary/aromatic N) is 1. The number of carbonyl (C=O) groups excluding carboxylic acids is 1. The Balaban J connectivity index is 2.01. The summed E-state index contributed by atoms with van der Waals surface area (Å²) in [4.78, 5) is 12.7. The highest BCUT2D eigenvalue weighted by atomic mass is 16.5. The molecule has 32 heavy (non-hydrogen) atoms. The first-order chi connectivity index (χ1) is 15.3. The molecule has 7 nitrogen and oxygen atoms in total. The van der Waals surface area contributed by atoms with Crippen molar-refractivity contribution < 1.29 is 18.8 Å². The van der Waals surface area contributed by atoms with Crippen molar-refractivity contribution >= 4 is 11.6 Å². The smallest absolute Gasteiger partial charge is 0.241 e. The molecular weight excluding hydrogens is 406 g/mol. The van der Waals surface area contributed by atoms with E-state index in [4.69, 9.17) is 19.7 Å². The van der Waals surface area contributed by atoms with Crippen molar-refractivity contribution in [2.24, 2.45) is 11.7 Å². The summed E-state index contributed by atoms with van der Waals surface area (Å²) in [6.45, 7) is 8.01. The molecule has 0 saturated heterocycles. The van der Waals surface area contributed by atoms with Crippen LogP contribution >= 0.6 is 0 Å². The predicted molar refractivity (Wildman–Crippen MR) is 126 cm³/mol. The molecule has 0 aliphatic carbocycles. The third kappa shape index (κ3) is 4.62. The molecule has 2 aromatic carbocycles. The summed E-state index contributed by atoms with van der Waals surface area (Å²) >= 11 is 0. The summed E-state index contributed by atoms with van der Waals surface area (Å²) < 4.78 is 16.6. The number of aryl methyl sites for hydroxylation is 1. The van der Waals surface area contributed by atoms with Gasteiger partial charge in [0.1, 0.15) is 11.5 Å². The molecule has 1 amide bonds. The Labute approximate surface area is 188 Å². The maximum Gasteiger partial charge on any atom is 0.241 e. The van der Waals surface area contributed by atoms with Crippen molar-refractivity contribution in [1.82, 2.24) is 5.16 Å². The quantitative estimate of drug-likeness (QED) is 0.517. The Morgan fingerprint density at radius 1 is 1.12 bits per heavy atom. The number of nitrogens with one attached hydrogen (secondary N) is 1. The third-order valence-electron chi connectivity index (χ3n) is 6.00. The van der Waals surface area contributed by atoms with Crippen molar-refractivity contribution in [3.63, 3.8) is 0 Å². The van der Waals surface area contributed by atoms with E-state index in [1.54, 1.807) is 26.5 Å². The topological polar surface area (TPSA) is 99.6 Å². The molecule has 2 unspecified atom stereocenters. The molecule has 3 aromatic rings. The second kappa shape index (κ2) is 9.87. The van der Waals surface area contributed by atoms with Crippen molar-refractivity contribution in [3.8, 4) is 33.9 Å². The van der Waals surface area contributed by atoms with Crippen LogP contribution in [0, 0.1) is 19.8 Å². The third-order valence-corrected chi connectivity index (χ3v) is 6.00. The van der Waals surface area contributed by atoms with Gasteiger partial charge in [-0.3, -0.25) is 4.79 Å². The van der Waals surface area contributed by atoms with Crippen molar-refractivity contribution in [2.45, 2.75) is 40.2 Å². The van der Waals surface area contributed by atoms with E-state index >= 15 is 0 Å². The lowest BCUT2D eigenvalue weighted by Gasteiger charge is -2.19. The van der Waals surface area contributed by atoms with Crippen LogP contribution in [0.15, 0.2) is 41.1 Å². The minimum Gasteiger partial charge on any atom is -0.496 e. The van der Waals surface area contributed by atoms with Gasteiger partial charge in [0.05, 0.1) is 32.1 Å². The second-order valence-electron chi connectivity index (χ2n) is 8.00. The van der Waals surface area contributed by atoms with Crippen LogP contribution in [0.3, 0.4) is 0 Å². The van der Waals surface area contributed by atoms with E-state index in [1.165, 1.54) is 0 Å². The van der Waals surface area contributed by atoms with Gasteiger partial charge in [0.15, 0.2) is 5.76 Å². The monoisotopic (exact) mass is 437 g/mol. The Hall–Kier alpha value is -3.32. The van der Waals surface area contributed by atoms with Crippen LogP contribution in [0.4, 0.5) is 5.69 Å². The molecule has 1 aromatic heterocycles. The number of methoxy groups -OCH3 is 2. The van der Waals surface area contributed by atoms with E-state index < -0.39 is 6.04 Å². The summed E-state index contributed by atoms with van der Waals surface area (Å²) in [6, 6.07) is 8.91. The van der Waals surface area contributed by atoms with Gasteiger partial charge in [-0.05, 0) is 60.7 Å². The SMILES string of the molecule is CCC(C)C(N)C(=O)Nc1cc(-c2cnoc2-c2cc(C)c(C)c(OC)c2)ccc1OC. The lowest BCUT2D eigenvalue weighted by Crippen LogP contribution is -2.40. The molecule has 170 valence electrons. The van der Waals surface area contributed by atoms with Gasteiger partial charge in [0, 0.05) is 11.1 Å². The van der Waals surface area contributed by atoms with Crippen LogP contribution in [0.5, 0.6) is 11.5 Å². The van der Waals surface area contributed by atoms with Gasteiger partial charge in [-0.25, -0.2) is 0 Å². The maximum absolute atomic E-state index is 12.7. The molecule has 7 heteroatoms. The minimum atomic E-state index is -0.609. The van der Waals surface area contributed by atoms with Crippen LogP contribution in [-0.2, 0) is 4.79 Å². The summed E-state index contributed by atoms with van der Waals surface area (Å²) in [5.74, 6) is 1.76. The van der Waals surface area contributed by atoms with Crippen LogP contribution in [0.25, 0.3) is 22.5 Å². The Morgan fingerprint density at radius 3 is 2.50 bits per heavy atom. The number of benzene rings is 2. The summed E-state index contributed by atoms with van der Waals surface area (Å²) in [5, 5.41) is 6.94. The van der Waals surface area contributed by atoms with Crippen molar-refractivity contribution in [2.75, 3.05) is 19.5 Å². The Kier molecular flexibility index (Phi) is 7.20. The van der Waals surface area contributed by atoms with Crippen LogP contribution in [-0.4, -0.2) is 31.3 Å². The van der Waals surface area contributed by atoms with E-state index in [2.05, 4.69) is 10.5 Å². The molecule has 0 fully saturated rings. The molecule has 0 radical (unpaired) electrons. The zero-order chi connectivity index (χ0) is 23.4. The fraction of sp³-hybridized carbons (Fsp3) is 0.360. The highest BCUT2D eigenvalue weighted by molar-refractivity contribution is 5.97. The number of hydrogen-bond acceptors (Lipinski definition) is 6. The zero-order valence-electron chi connectivity index (χ0n) is 19.5. The van der Waals surface area contributed by atoms with Crippen molar-refractivity contribution in [3.05, 3.63) is 47.7 Å². The lowest BCUT2D eigenvalue weighted by molar-refractivity contribution is -0.118. The van der Waals surface area contributed by atoms with Gasteiger partial charge in [-0.2, -0.15) is 0 Å². The largest absolute Gasteiger partial charge is 0.496 e. The van der Waals surface area contributed by atoms with E-state index in [9.17, 15) is 4.79 Å². The zero-order valence-corrected chi connectivity index (χ0v) is 19.5. The van der Waals surface area contributed by atoms with E-state index in [0.717, 1.165) is 40.0 Å². The number of hydrogen-bond donors (Lipinski definition) is 2. The van der Waals surface area contributed by atoms with Gasteiger partial charge in [0.2, 0.25) is 5.91 Å². The molecular formula is C25H31N3O4. The van der Waals surface area contributed by atoms with Gasteiger partial charge in [0.25, 0.3) is 0 Å². The number of anilines is 1. The second-order valence-corrected chi connectivity index (χ2v) is 8.00. The molecule has 0 aliphatic heterocycles. The fourth-order valence-electron chi connectivity index (χ4n) is 3.53. The normalized spacial score (nSPS) is 12.8. The summed E-state index contributed by atoms with van der Waals surface area (Å²) in [5.41, 5.74) is 11.3. The van der Waals surface area contributed by atoms with E-state index in [-0.39, 0.29) is 11.8 Å². The number of ether oxygens (including phenoxy) is 2. The molecule has 3 N–H and O–H groups in total. The van der Waals surface area contributed by atoms with Gasteiger partial charge in [-0.1, -0.05) is 31.5 Å². The number of carbonyl (C=O) groups is 1. The van der Waals surface area contributed by atoms with Crippen LogP contribution < -0.4 is 20.5 Å². The van der Waals surface area contributed by atoms with Crippen LogP contribution in [0.1, 0.15) is 31.4 Å². The highest BCUT2D eigenvalue weighted by Gasteiger charge is 2.22. The van der Waals surface area contributed by atoms with Gasteiger partial charge >= 0.3 is 0 Å². The van der Waals surface area contributed by atoms with Crippen LogP contribution in [0.2, 0.25) is 0 Å².